The molecule has 0 fully saturated rings. The Bertz CT molecular complexity index is 1260. The normalized spacial score (nSPS) is 12.5. The molecule has 0 saturated carbocycles. The Morgan fingerprint density at radius 2 is 0.566 bits per heavy atom. The molecule has 6 nitrogen and oxygen atoms in total. The summed E-state index contributed by atoms with van der Waals surface area (Å²) in [5, 5.41) is 23.4. The molecule has 0 aromatic rings. The summed E-state index contributed by atoms with van der Waals surface area (Å²) in [5.41, 5.74) is 0. The molecule has 0 rings (SSSR count). The minimum absolute atomic E-state index is 0.0190. The van der Waals surface area contributed by atoms with Crippen LogP contribution >= 0.6 is 0 Å². The number of carbonyl (C=O) groups is 2. The van der Waals surface area contributed by atoms with Crippen LogP contribution in [0.5, 0.6) is 0 Å². The van der Waals surface area contributed by atoms with E-state index in [0.29, 0.717) is 25.9 Å². The van der Waals surface area contributed by atoms with Gasteiger partial charge in [-0.2, -0.15) is 0 Å². The van der Waals surface area contributed by atoms with Crippen LogP contribution in [-0.4, -0.2) is 47.4 Å². The van der Waals surface area contributed by atoms with E-state index in [9.17, 15) is 19.8 Å². The van der Waals surface area contributed by atoms with E-state index < -0.39 is 12.1 Å². The van der Waals surface area contributed by atoms with Crippen LogP contribution < -0.4 is 5.32 Å². The van der Waals surface area contributed by atoms with Crippen molar-refractivity contribution in [3.05, 3.63) is 12.2 Å². The average molecular weight is 1170 g/mol. The maximum atomic E-state index is 12.5. The highest BCUT2D eigenvalue weighted by Crippen LogP contribution is 2.20. The number of carbonyl (C=O) groups excluding carboxylic acids is 2. The van der Waals surface area contributed by atoms with Gasteiger partial charge in [0, 0.05) is 12.8 Å². The molecule has 3 N–H and O–H groups in total. The van der Waals surface area contributed by atoms with E-state index >= 15 is 0 Å². The van der Waals surface area contributed by atoms with Crippen molar-refractivity contribution in [1.29, 1.82) is 0 Å². The van der Waals surface area contributed by atoms with Gasteiger partial charge in [-0.1, -0.05) is 392 Å². The third-order valence-corrected chi connectivity index (χ3v) is 18.3. The second kappa shape index (κ2) is 73.1. The Morgan fingerprint density at radius 1 is 0.325 bits per heavy atom. The lowest BCUT2D eigenvalue weighted by molar-refractivity contribution is -0.143. The van der Waals surface area contributed by atoms with E-state index in [4.69, 9.17) is 4.74 Å². The summed E-state index contributed by atoms with van der Waals surface area (Å²) in [6.45, 7) is 5.00. The summed E-state index contributed by atoms with van der Waals surface area (Å²) in [5.74, 6) is -0.00728. The summed E-state index contributed by atoms with van der Waals surface area (Å²) in [4.78, 5) is 24.7. The molecule has 83 heavy (non-hydrogen) atoms. The van der Waals surface area contributed by atoms with Crippen molar-refractivity contribution in [2.75, 3.05) is 13.2 Å². The molecule has 6 heteroatoms. The SMILES string of the molecule is CCCCCCCCC/C=C\CCCCCCCCCC(=O)OCCCCCCCCCCCCCCCCCCCCCCCCCCCCCCCCCC(=O)NC(CO)C(O)CCCCCCCCCCCCCCCCCCC. The number of amides is 1. The molecular weight excluding hydrogens is 1020 g/mol. The van der Waals surface area contributed by atoms with E-state index in [1.807, 2.05) is 0 Å². The number of allylic oxidation sites excluding steroid dienone is 2. The fraction of sp³-hybridized carbons (Fsp3) is 0.948. The lowest BCUT2D eigenvalue weighted by atomic mass is 10.0. The monoisotopic (exact) mass is 1170 g/mol. The summed E-state index contributed by atoms with van der Waals surface area (Å²) < 4.78 is 5.51. The quantitative estimate of drug-likeness (QED) is 0.0320. The smallest absolute Gasteiger partial charge is 0.305 e. The van der Waals surface area contributed by atoms with Crippen molar-refractivity contribution in [2.45, 2.75) is 456 Å². The molecule has 0 saturated heterocycles. The number of ether oxygens (including phenoxy) is 1. The van der Waals surface area contributed by atoms with Gasteiger partial charge in [0.25, 0.3) is 0 Å². The van der Waals surface area contributed by atoms with Gasteiger partial charge >= 0.3 is 5.97 Å². The molecule has 2 unspecified atom stereocenters. The zero-order chi connectivity index (χ0) is 59.9. The largest absolute Gasteiger partial charge is 0.466 e. The molecule has 0 aromatic heterocycles. The fourth-order valence-electron chi connectivity index (χ4n) is 12.5. The molecule has 2 atom stereocenters. The molecule has 0 aliphatic heterocycles. The number of hydrogen-bond acceptors (Lipinski definition) is 5. The molecule has 0 aliphatic carbocycles. The van der Waals surface area contributed by atoms with Crippen molar-refractivity contribution in [2.24, 2.45) is 0 Å². The van der Waals surface area contributed by atoms with Gasteiger partial charge in [0.1, 0.15) is 0 Å². The van der Waals surface area contributed by atoms with Gasteiger partial charge in [-0.15, -0.1) is 0 Å². The van der Waals surface area contributed by atoms with Crippen LogP contribution in [0.4, 0.5) is 0 Å². The number of unbranched alkanes of at least 4 members (excludes halogenated alkanes) is 60. The molecule has 0 radical (unpaired) electrons. The summed E-state index contributed by atoms with van der Waals surface area (Å²) >= 11 is 0. The molecule has 0 heterocycles. The fourth-order valence-corrected chi connectivity index (χ4v) is 12.5. The van der Waals surface area contributed by atoms with E-state index in [2.05, 4.69) is 31.3 Å². The number of esters is 1. The van der Waals surface area contributed by atoms with Gasteiger partial charge in [0.05, 0.1) is 25.4 Å². The van der Waals surface area contributed by atoms with Gasteiger partial charge in [0.2, 0.25) is 5.91 Å². The van der Waals surface area contributed by atoms with Gasteiger partial charge in [-0.25, -0.2) is 0 Å². The first kappa shape index (κ1) is 81.6. The van der Waals surface area contributed by atoms with Crippen LogP contribution in [0.15, 0.2) is 12.2 Å². The minimum atomic E-state index is -0.661. The van der Waals surface area contributed by atoms with Crippen molar-refractivity contribution in [3.63, 3.8) is 0 Å². The average Bonchev–Trinajstić information content (AvgIpc) is 3.48. The Morgan fingerprint density at radius 3 is 0.855 bits per heavy atom. The first-order chi connectivity index (χ1) is 41.0. The van der Waals surface area contributed by atoms with Crippen molar-refractivity contribution < 1.29 is 24.5 Å². The molecule has 0 bridgehead atoms. The van der Waals surface area contributed by atoms with E-state index in [1.54, 1.807) is 0 Å². The number of hydrogen-bond donors (Lipinski definition) is 3. The highest BCUT2D eigenvalue weighted by Gasteiger charge is 2.20. The lowest BCUT2D eigenvalue weighted by Gasteiger charge is -2.22. The zero-order valence-corrected chi connectivity index (χ0v) is 56.7. The van der Waals surface area contributed by atoms with Crippen LogP contribution in [-0.2, 0) is 14.3 Å². The highest BCUT2D eigenvalue weighted by atomic mass is 16.5. The predicted octanol–water partition coefficient (Wildman–Crippen LogP) is 25.1. The Balaban J connectivity index is 3.31. The van der Waals surface area contributed by atoms with E-state index in [-0.39, 0.29) is 18.5 Å². The first-order valence-corrected chi connectivity index (χ1v) is 38.4. The topological polar surface area (TPSA) is 95.9 Å². The maximum absolute atomic E-state index is 12.5. The summed E-state index contributed by atoms with van der Waals surface area (Å²) in [6.07, 6.45) is 91.5. The summed E-state index contributed by atoms with van der Waals surface area (Å²) in [7, 11) is 0. The van der Waals surface area contributed by atoms with Crippen LogP contribution in [0, 0.1) is 0 Å². The molecule has 494 valence electrons. The highest BCUT2D eigenvalue weighted by molar-refractivity contribution is 5.76. The minimum Gasteiger partial charge on any atom is -0.466 e. The molecule has 0 aromatic carbocycles. The predicted molar refractivity (Wildman–Crippen MR) is 366 cm³/mol. The first-order valence-electron chi connectivity index (χ1n) is 38.4. The number of aliphatic hydroxyl groups excluding tert-OH is 2. The molecular formula is C77H151NO5. The van der Waals surface area contributed by atoms with Gasteiger partial charge in [-0.05, 0) is 51.4 Å². The lowest BCUT2D eigenvalue weighted by Crippen LogP contribution is -2.45. The van der Waals surface area contributed by atoms with Crippen LogP contribution in [0.25, 0.3) is 0 Å². The molecule has 0 aliphatic rings. The summed E-state index contributed by atoms with van der Waals surface area (Å²) in [6, 6.07) is -0.538. The second-order valence-electron chi connectivity index (χ2n) is 26.7. The van der Waals surface area contributed by atoms with Gasteiger partial charge in [0.15, 0.2) is 0 Å². The third-order valence-electron chi connectivity index (χ3n) is 18.3. The van der Waals surface area contributed by atoms with Crippen LogP contribution in [0.3, 0.4) is 0 Å². The van der Waals surface area contributed by atoms with Gasteiger partial charge in [-0.3, -0.25) is 9.59 Å². The number of aliphatic hydroxyl groups is 2. The van der Waals surface area contributed by atoms with Crippen molar-refractivity contribution in [3.8, 4) is 0 Å². The van der Waals surface area contributed by atoms with Crippen molar-refractivity contribution in [1.82, 2.24) is 5.32 Å². The zero-order valence-electron chi connectivity index (χ0n) is 56.7. The maximum Gasteiger partial charge on any atom is 0.305 e. The van der Waals surface area contributed by atoms with E-state index in [0.717, 1.165) is 38.5 Å². The van der Waals surface area contributed by atoms with E-state index in [1.165, 1.54) is 372 Å². The molecule has 1 amide bonds. The standard InChI is InChI=1S/C77H151NO5/c1-3-5-7-9-11-13-15-17-19-21-39-43-47-51-55-59-63-67-71-77(82)83-72-68-64-60-56-52-48-44-40-36-34-32-30-28-26-24-22-23-25-27-29-31-33-35-38-42-46-50-54-58-62-66-70-76(81)78-74(73-79)75(80)69-65-61-57-53-49-45-41-37-20-18-16-14-12-10-8-6-4-2/h19,21,74-75,79-80H,3-18,20,22-73H2,1-2H3,(H,78,81)/b21-19-. The Labute approximate surface area is 520 Å². The Kier molecular flexibility index (Phi) is 71.8. The van der Waals surface area contributed by atoms with Crippen LogP contribution in [0.1, 0.15) is 444 Å². The molecule has 0 spiro atoms. The van der Waals surface area contributed by atoms with Crippen molar-refractivity contribution >= 4 is 11.9 Å². The van der Waals surface area contributed by atoms with Gasteiger partial charge < -0.3 is 20.3 Å². The number of nitrogens with one attached hydrogen (secondary N) is 1. The third kappa shape index (κ3) is 69.6. The second-order valence-corrected chi connectivity index (χ2v) is 26.7. The number of rotatable bonds is 73. The van der Waals surface area contributed by atoms with Crippen LogP contribution in [0.2, 0.25) is 0 Å². The Hall–Kier alpha value is -1.40.